The van der Waals surface area contributed by atoms with E-state index in [2.05, 4.69) is 34.7 Å². The third-order valence-corrected chi connectivity index (χ3v) is 8.55. The molecule has 0 radical (unpaired) electrons. The Labute approximate surface area is 217 Å². The summed E-state index contributed by atoms with van der Waals surface area (Å²) < 4.78 is 12.8. The van der Waals surface area contributed by atoms with Gasteiger partial charge in [0.1, 0.15) is 5.94 Å². The zero-order valence-corrected chi connectivity index (χ0v) is 22.6. The van der Waals surface area contributed by atoms with Gasteiger partial charge in [-0.1, -0.05) is 61.6 Å². The molecule has 0 N–H and O–H groups in total. The van der Waals surface area contributed by atoms with Crippen molar-refractivity contribution in [3.05, 3.63) is 65.1 Å². The van der Waals surface area contributed by atoms with Crippen LogP contribution in [-0.2, 0) is 4.79 Å². The topological polar surface area (TPSA) is 42.0 Å². The number of carbonyl (C=O) groups excluding carboxylic acids is 1. The fraction of sp³-hybridized carbons (Fsp3) is 0.269. The molecule has 3 aromatic rings. The number of anilines is 2. The molecule has 4 rings (SSSR count). The van der Waals surface area contributed by atoms with E-state index in [1.807, 2.05) is 65.6 Å². The molecule has 1 aliphatic rings. The number of hydrogen-bond donors (Lipinski definition) is 0. The molecule has 0 fully saturated rings. The summed E-state index contributed by atoms with van der Waals surface area (Å²) in [6, 6.07) is 19.9. The number of amides is 1. The van der Waals surface area contributed by atoms with Crippen molar-refractivity contribution >= 4 is 56.7 Å². The molecule has 0 saturated heterocycles. The van der Waals surface area contributed by atoms with Gasteiger partial charge < -0.3 is 9.47 Å². The third-order valence-electron chi connectivity index (χ3n) is 5.58. The first-order valence-electron chi connectivity index (χ1n) is 11.1. The Bertz CT molecular complexity index is 1170. The molecule has 0 saturated carbocycles. The van der Waals surface area contributed by atoms with E-state index < -0.39 is 0 Å². The van der Waals surface area contributed by atoms with Crippen molar-refractivity contribution in [2.24, 2.45) is 0 Å². The number of rotatable bonds is 9. The number of thioether (sulfide) groups is 1. The first-order valence-corrected chi connectivity index (χ1v) is 13.7. The number of halogens is 1. The predicted octanol–water partition coefficient (Wildman–Crippen LogP) is 7.06. The summed E-state index contributed by atoms with van der Waals surface area (Å²) in [5.41, 5.74) is 1.72. The molecule has 8 heteroatoms. The Morgan fingerprint density at radius 1 is 1.00 bits per heavy atom. The first kappa shape index (κ1) is 25.0. The highest BCUT2D eigenvalue weighted by atomic mass is 79.9. The summed E-state index contributed by atoms with van der Waals surface area (Å²) >= 11 is 6.81. The standard InChI is InChI=1S/C26H27BrN2O3S2/c1-4-28(5-2)16-26(30)29-19-11-7-9-13-24(19)34-25-15-21(31-3)22(14-20(25)29)32-17-33-23-12-8-6-10-18(23)27/h6-15H,4-5,16-17H2,1-3H3. The molecule has 1 amide bonds. The predicted molar refractivity (Wildman–Crippen MR) is 144 cm³/mol. The van der Waals surface area contributed by atoms with Crippen molar-refractivity contribution in [3.63, 3.8) is 0 Å². The summed E-state index contributed by atoms with van der Waals surface area (Å²) in [6.07, 6.45) is 0. The van der Waals surface area contributed by atoms with Crippen LogP contribution in [-0.4, -0.2) is 43.5 Å². The highest BCUT2D eigenvalue weighted by Gasteiger charge is 2.30. The number of methoxy groups -OCH3 is 1. The number of hydrogen-bond acceptors (Lipinski definition) is 6. The Kier molecular flexibility index (Phi) is 8.47. The van der Waals surface area contributed by atoms with Crippen LogP contribution >= 0.6 is 39.5 Å². The Balaban J connectivity index is 1.66. The van der Waals surface area contributed by atoms with Crippen LogP contribution < -0.4 is 14.4 Å². The Morgan fingerprint density at radius 3 is 2.47 bits per heavy atom. The third kappa shape index (κ3) is 5.40. The zero-order chi connectivity index (χ0) is 24.1. The van der Waals surface area contributed by atoms with Crippen molar-refractivity contribution in [2.45, 2.75) is 28.5 Å². The van der Waals surface area contributed by atoms with E-state index >= 15 is 0 Å². The minimum Gasteiger partial charge on any atom is -0.493 e. The maximum Gasteiger partial charge on any atom is 0.245 e. The van der Waals surface area contributed by atoms with Gasteiger partial charge in [0.15, 0.2) is 11.5 Å². The van der Waals surface area contributed by atoms with Crippen LogP contribution in [0, 0.1) is 0 Å². The van der Waals surface area contributed by atoms with Gasteiger partial charge >= 0.3 is 0 Å². The van der Waals surface area contributed by atoms with Gasteiger partial charge in [-0.05, 0) is 53.3 Å². The van der Waals surface area contributed by atoms with Crippen molar-refractivity contribution in [3.8, 4) is 11.5 Å². The van der Waals surface area contributed by atoms with Crippen molar-refractivity contribution in [2.75, 3.05) is 37.6 Å². The number of nitrogens with zero attached hydrogens (tertiary/aromatic N) is 2. The van der Waals surface area contributed by atoms with Crippen LogP contribution in [0.3, 0.4) is 0 Å². The average Bonchev–Trinajstić information content (AvgIpc) is 2.86. The van der Waals surface area contributed by atoms with Gasteiger partial charge in [-0.25, -0.2) is 0 Å². The van der Waals surface area contributed by atoms with Crippen molar-refractivity contribution in [1.82, 2.24) is 4.90 Å². The molecule has 0 spiro atoms. The highest BCUT2D eigenvalue weighted by Crippen LogP contribution is 2.51. The van der Waals surface area contributed by atoms with E-state index in [9.17, 15) is 4.79 Å². The van der Waals surface area contributed by atoms with Crippen LogP contribution in [0.1, 0.15) is 13.8 Å². The van der Waals surface area contributed by atoms with Crippen molar-refractivity contribution in [1.29, 1.82) is 0 Å². The molecule has 0 aliphatic carbocycles. The number of carbonyl (C=O) groups is 1. The lowest BCUT2D eigenvalue weighted by atomic mass is 10.2. The molecular formula is C26H27BrN2O3S2. The smallest absolute Gasteiger partial charge is 0.245 e. The van der Waals surface area contributed by atoms with Gasteiger partial charge in [-0.15, -0.1) is 0 Å². The second kappa shape index (κ2) is 11.5. The fourth-order valence-corrected chi connectivity index (χ4v) is 6.12. The molecule has 0 atom stereocenters. The number of para-hydroxylation sites is 1. The van der Waals surface area contributed by atoms with Gasteiger partial charge in [0.25, 0.3) is 0 Å². The lowest BCUT2D eigenvalue weighted by molar-refractivity contribution is -0.119. The van der Waals surface area contributed by atoms with Crippen LogP contribution in [0.2, 0.25) is 0 Å². The molecule has 34 heavy (non-hydrogen) atoms. The molecule has 5 nitrogen and oxygen atoms in total. The number of benzene rings is 3. The zero-order valence-electron chi connectivity index (χ0n) is 19.4. The summed E-state index contributed by atoms with van der Waals surface area (Å²) in [5, 5.41) is 0. The van der Waals surface area contributed by atoms with Gasteiger partial charge in [-0.2, -0.15) is 0 Å². The maximum atomic E-state index is 13.5. The quantitative estimate of drug-likeness (QED) is 0.207. The minimum absolute atomic E-state index is 0.0383. The van der Waals surface area contributed by atoms with E-state index in [1.165, 1.54) is 0 Å². The second-order valence-corrected chi connectivity index (χ2v) is 10.5. The van der Waals surface area contributed by atoms with Crippen LogP contribution in [0.4, 0.5) is 11.4 Å². The van der Waals surface area contributed by atoms with E-state index in [0.29, 0.717) is 24.0 Å². The molecular weight excluding hydrogens is 532 g/mol. The van der Waals surface area contributed by atoms with Gasteiger partial charge in [0.2, 0.25) is 5.91 Å². The summed E-state index contributed by atoms with van der Waals surface area (Å²) in [4.78, 5) is 20.6. The van der Waals surface area contributed by atoms with Crippen molar-refractivity contribution < 1.29 is 14.3 Å². The molecule has 178 valence electrons. The van der Waals surface area contributed by atoms with Crippen LogP contribution in [0.5, 0.6) is 11.5 Å². The summed E-state index contributed by atoms with van der Waals surface area (Å²) in [6.45, 7) is 6.14. The molecule has 0 bridgehead atoms. The van der Waals surface area contributed by atoms with E-state index in [1.54, 1.807) is 30.6 Å². The minimum atomic E-state index is 0.0383. The van der Waals surface area contributed by atoms with Gasteiger partial charge in [0, 0.05) is 31.3 Å². The Morgan fingerprint density at radius 2 is 1.74 bits per heavy atom. The average molecular weight is 560 g/mol. The van der Waals surface area contributed by atoms with E-state index in [0.717, 1.165) is 43.6 Å². The van der Waals surface area contributed by atoms with Gasteiger partial charge in [0.05, 0.1) is 25.0 Å². The van der Waals surface area contributed by atoms with E-state index in [4.69, 9.17) is 9.47 Å². The van der Waals surface area contributed by atoms with Crippen LogP contribution in [0.25, 0.3) is 0 Å². The monoisotopic (exact) mass is 558 g/mol. The number of fused-ring (bicyclic) bond motifs is 2. The molecule has 0 aromatic heterocycles. The molecule has 3 aromatic carbocycles. The number of ether oxygens (including phenoxy) is 2. The van der Waals surface area contributed by atoms with Gasteiger partial charge in [-0.3, -0.25) is 14.6 Å². The second-order valence-electron chi connectivity index (χ2n) is 7.57. The highest BCUT2D eigenvalue weighted by molar-refractivity contribution is 9.10. The van der Waals surface area contributed by atoms with Crippen LogP contribution in [0.15, 0.2) is 79.8 Å². The molecule has 0 unspecified atom stereocenters. The van der Waals surface area contributed by atoms with E-state index in [-0.39, 0.29) is 5.91 Å². The Hall–Kier alpha value is -2.13. The largest absolute Gasteiger partial charge is 0.493 e. The number of likely N-dealkylation sites (N-methyl/N-ethyl adjacent to an activating group) is 1. The SMILES string of the molecule is CCN(CC)CC(=O)N1c2ccccc2Sc2cc(OC)c(OCSc3ccccc3Br)cc21. The maximum absolute atomic E-state index is 13.5. The molecule has 1 aliphatic heterocycles. The lowest BCUT2D eigenvalue weighted by Gasteiger charge is -2.33. The summed E-state index contributed by atoms with van der Waals surface area (Å²) in [7, 11) is 1.64. The molecule has 1 heterocycles. The fourth-order valence-electron chi connectivity index (χ4n) is 3.73. The summed E-state index contributed by atoms with van der Waals surface area (Å²) in [5.74, 6) is 1.71. The lowest BCUT2D eigenvalue weighted by Crippen LogP contribution is -2.39. The first-order chi connectivity index (χ1) is 16.5. The normalized spacial score (nSPS) is 12.3.